The molecule has 0 aliphatic carbocycles. The van der Waals surface area contributed by atoms with Crippen LogP contribution in [0.25, 0.3) is 15.9 Å². The summed E-state index contributed by atoms with van der Waals surface area (Å²) in [6, 6.07) is 14.1. The summed E-state index contributed by atoms with van der Waals surface area (Å²) >= 11 is 2.52. The maximum atomic E-state index is 13.8. The molecule has 2 heterocycles. The molecule has 0 aliphatic rings. The van der Waals surface area contributed by atoms with Crippen molar-refractivity contribution < 1.29 is 9.18 Å². The van der Waals surface area contributed by atoms with Gasteiger partial charge in [-0.25, -0.2) is 9.37 Å². The Balaban J connectivity index is 1.70. The lowest BCUT2D eigenvalue weighted by Gasteiger charge is -2.21. The number of thioether (sulfide) groups is 1. The molecule has 0 fully saturated rings. The number of hydrogen-bond acceptors (Lipinski definition) is 5. The summed E-state index contributed by atoms with van der Waals surface area (Å²) in [5.41, 5.74) is 3.24. The largest absolute Gasteiger partial charge is 0.312 e. The van der Waals surface area contributed by atoms with Crippen molar-refractivity contribution in [1.82, 2.24) is 9.55 Å². The number of benzene rings is 2. The molecule has 0 bridgehead atoms. The lowest BCUT2D eigenvalue weighted by atomic mass is 10.2. The third-order valence-corrected chi connectivity index (χ3v) is 6.92. The van der Waals surface area contributed by atoms with E-state index in [0.29, 0.717) is 33.2 Å². The van der Waals surface area contributed by atoms with Gasteiger partial charge in [0.25, 0.3) is 5.56 Å². The molecule has 0 unspecified atom stereocenters. The smallest absolute Gasteiger partial charge is 0.276 e. The van der Waals surface area contributed by atoms with E-state index >= 15 is 0 Å². The van der Waals surface area contributed by atoms with Crippen LogP contribution < -0.4 is 10.5 Å². The first-order valence-corrected chi connectivity index (χ1v) is 12.0. The van der Waals surface area contributed by atoms with E-state index in [9.17, 15) is 14.0 Å². The van der Waals surface area contributed by atoms with E-state index in [1.807, 2.05) is 43.5 Å². The van der Waals surface area contributed by atoms with Gasteiger partial charge < -0.3 is 4.90 Å². The van der Waals surface area contributed by atoms with Crippen LogP contribution in [0.1, 0.15) is 18.1 Å². The van der Waals surface area contributed by atoms with E-state index in [1.54, 1.807) is 30.0 Å². The number of amides is 1. The summed E-state index contributed by atoms with van der Waals surface area (Å²) in [5.74, 6) is -0.304. The molecule has 0 N–H and O–H groups in total. The van der Waals surface area contributed by atoms with E-state index in [0.717, 1.165) is 11.3 Å². The molecule has 8 heteroatoms. The van der Waals surface area contributed by atoms with E-state index in [1.165, 1.54) is 33.7 Å². The molecular weight excluding hydrogens is 445 g/mol. The molecule has 2 aromatic heterocycles. The zero-order valence-electron chi connectivity index (χ0n) is 18.0. The average Bonchev–Trinajstić information content (AvgIpc) is 3.24. The summed E-state index contributed by atoms with van der Waals surface area (Å²) in [7, 11) is 0. The lowest BCUT2D eigenvalue weighted by molar-refractivity contribution is -0.116. The first-order chi connectivity index (χ1) is 15.4. The maximum absolute atomic E-state index is 13.8. The highest BCUT2D eigenvalue weighted by molar-refractivity contribution is 7.99. The quantitative estimate of drug-likeness (QED) is 0.283. The van der Waals surface area contributed by atoms with Crippen molar-refractivity contribution in [3.8, 4) is 5.69 Å². The van der Waals surface area contributed by atoms with Crippen LogP contribution in [0, 0.1) is 19.7 Å². The third-order valence-electron chi connectivity index (χ3n) is 5.10. The van der Waals surface area contributed by atoms with Gasteiger partial charge >= 0.3 is 0 Å². The number of hydrogen-bond donors (Lipinski definition) is 0. The molecule has 0 radical (unpaired) electrons. The molecule has 0 atom stereocenters. The number of aryl methyl sites for hydroxylation is 2. The van der Waals surface area contributed by atoms with Gasteiger partial charge in [-0.15, -0.1) is 11.3 Å². The normalized spacial score (nSPS) is 11.1. The average molecular weight is 468 g/mol. The number of carbonyl (C=O) groups excluding carboxylic acids is 1. The minimum Gasteiger partial charge on any atom is -0.312 e. The first kappa shape index (κ1) is 22.2. The zero-order chi connectivity index (χ0) is 22.8. The van der Waals surface area contributed by atoms with Crippen LogP contribution in [0.5, 0.6) is 0 Å². The van der Waals surface area contributed by atoms with Crippen LogP contribution >= 0.6 is 23.1 Å². The van der Waals surface area contributed by atoms with Crippen LogP contribution in [0.2, 0.25) is 0 Å². The van der Waals surface area contributed by atoms with Gasteiger partial charge in [-0.2, -0.15) is 0 Å². The van der Waals surface area contributed by atoms with Crippen LogP contribution in [-0.4, -0.2) is 27.8 Å². The number of nitrogens with zero attached hydrogens (tertiary/aromatic N) is 3. The third kappa shape index (κ3) is 4.33. The van der Waals surface area contributed by atoms with Gasteiger partial charge in [0, 0.05) is 12.2 Å². The van der Waals surface area contributed by atoms with Crippen molar-refractivity contribution in [2.75, 3.05) is 17.2 Å². The number of halogens is 1. The summed E-state index contributed by atoms with van der Waals surface area (Å²) in [4.78, 5) is 32.6. The maximum Gasteiger partial charge on any atom is 0.276 e. The number of fused-ring (bicyclic) bond motifs is 1. The molecule has 4 aromatic rings. The zero-order valence-corrected chi connectivity index (χ0v) is 19.6. The second-order valence-corrected chi connectivity index (χ2v) is 9.23. The Hall–Kier alpha value is -2.97. The van der Waals surface area contributed by atoms with Gasteiger partial charge in [0.15, 0.2) is 5.16 Å². The molecule has 2 aromatic carbocycles. The first-order valence-electron chi connectivity index (χ1n) is 10.2. The van der Waals surface area contributed by atoms with E-state index in [4.69, 9.17) is 0 Å². The highest BCUT2D eigenvalue weighted by Gasteiger charge is 2.19. The Morgan fingerprint density at radius 3 is 2.72 bits per heavy atom. The fourth-order valence-electron chi connectivity index (χ4n) is 3.49. The monoisotopic (exact) mass is 467 g/mol. The molecule has 4 rings (SSSR count). The number of anilines is 1. The minimum atomic E-state index is -0.340. The van der Waals surface area contributed by atoms with E-state index < -0.39 is 0 Å². The predicted octanol–water partition coefficient (Wildman–Crippen LogP) is 5.35. The van der Waals surface area contributed by atoms with Crippen molar-refractivity contribution in [1.29, 1.82) is 0 Å². The van der Waals surface area contributed by atoms with Gasteiger partial charge in [0.05, 0.1) is 17.0 Å². The Morgan fingerprint density at radius 2 is 2.00 bits per heavy atom. The van der Waals surface area contributed by atoms with Gasteiger partial charge in [-0.3, -0.25) is 14.2 Å². The van der Waals surface area contributed by atoms with Gasteiger partial charge in [-0.05, 0) is 73.7 Å². The van der Waals surface area contributed by atoms with E-state index in [-0.39, 0.29) is 23.0 Å². The molecule has 0 saturated carbocycles. The van der Waals surface area contributed by atoms with E-state index in [2.05, 4.69) is 4.98 Å². The molecular formula is C24H22FN3O2S2. The fourth-order valence-corrected chi connectivity index (χ4v) is 5.14. The van der Waals surface area contributed by atoms with Crippen LogP contribution in [0.4, 0.5) is 10.1 Å². The fraction of sp³-hybridized carbons (Fsp3) is 0.208. The Bertz CT molecular complexity index is 1360. The minimum absolute atomic E-state index is 0.0791. The highest BCUT2D eigenvalue weighted by atomic mass is 32.2. The molecule has 0 aliphatic heterocycles. The number of carbonyl (C=O) groups is 1. The Kier molecular flexibility index (Phi) is 6.43. The number of aromatic nitrogens is 2. The molecule has 1 amide bonds. The highest BCUT2D eigenvalue weighted by Crippen LogP contribution is 2.26. The lowest BCUT2D eigenvalue weighted by Crippen LogP contribution is -2.32. The molecule has 32 heavy (non-hydrogen) atoms. The van der Waals surface area contributed by atoms with Crippen molar-refractivity contribution >= 4 is 44.9 Å². The second-order valence-electron chi connectivity index (χ2n) is 7.37. The standard InChI is InChI=1S/C24H22FN3O2S2/c1-4-27(17-7-5-6-15(2)12-17)21(29)14-32-24-26-20-10-11-31-22(20)23(30)28(24)18-8-9-19(25)16(3)13-18/h5-13H,4,14H2,1-3H3. The number of thiophene rings is 1. The summed E-state index contributed by atoms with van der Waals surface area (Å²) < 4.78 is 15.8. The Morgan fingerprint density at radius 1 is 1.19 bits per heavy atom. The number of rotatable bonds is 6. The van der Waals surface area contributed by atoms with Crippen molar-refractivity contribution in [3.63, 3.8) is 0 Å². The van der Waals surface area contributed by atoms with Crippen LogP contribution in [0.15, 0.2) is 63.9 Å². The molecule has 164 valence electrons. The van der Waals surface area contributed by atoms with Crippen molar-refractivity contribution in [3.05, 3.63) is 81.2 Å². The SMILES string of the molecule is CCN(C(=O)CSc1nc2ccsc2c(=O)n1-c1ccc(F)c(C)c1)c1cccc(C)c1. The summed E-state index contributed by atoms with van der Waals surface area (Å²) in [5, 5.41) is 2.22. The second kappa shape index (κ2) is 9.26. The van der Waals surface area contributed by atoms with Crippen LogP contribution in [0.3, 0.4) is 0 Å². The summed E-state index contributed by atoms with van der Waals surface area (Å²) in [6.07, 6.45) is 0. The van der Waals surface area contributed by atoms with Gasteiger partial charge in [0.1, 0.15) is 10.5 Å². The van der Waals surface area contributed by atoms with Crippen molar-refractivity contribution in [2.24, 2.45) is 0 Å². The summed E-state index contributed by atoms with van der Waals surface area (Å²) in [6.45, 7) is 6.10. The topological polar surface area (TPSA) is 55.2 Å². The molecule has 0 spiro atoms. The van der Waals surface area contributed by atoms with Crippen LogP contribution in [-0.2, 0) is 4.79 Å². The molecule has 0 saturated heterocycles. The van der Waals surface area contributed by atoms with Crippen molar-refractivity contribution in [2.45, 2.75) is 25.9 Å². The van der Waals surface area contributed by atoms with Gasteiger partial charge in [0.2, 0.25) is 5.91 Å². The predicted molar refractivity (Wildman–Crippen MR) is 130 cm³/mol. The Labute approximate surface area is 193 Å². The molecule has 5 nitrogen and oxygen atoms in total. The van der Waals surface area contributed by atoms with Gasteiger partial charge in [-0.1, -0.05) is 23.9 Å².